The molecule has 0 radical (unpaired) electrons. The van der Waals surface area contributed by atoms with E-state index in [9.17, 15) is 9.59 Å². The summed E-state index contributed by atoms with van der Waals surface area (Å²) >= 11 is 0. The molecule has 0 unspecified atom stereocenters. The molecule has 1 amide bonds. The molecule has 2 heterocycles. The standard InChI is InChI=1S/C20H16N4O4/c1-12(25)13-2-4-14(5-3-13)24-20(26)16-9-19(22-10-21-16)23-15-6-7-17-18(8-15)28-11-27-17/h2-10H,11H2,1H3,(H,24,26)(H,21,22,23). The molecular weight excluding hydrogens is 360 g/mol. The Balaban J connectivity index is 1.47. The van der Waals surface area contributed by atoms with Crippen LogP contribution in [0.2, 0.25) is 0 Å². The fraction of sp³-hybridized carbons (Fsp3) is 0.100. The number of fused-ring (bicyclic) bond motifs is 1. The molecule has 0 spiro atoms. The van der Waals surface area contributed by atoms with Gasteiger partial charge in [0.25, 0.3) is 5.91 Å². The fourth-order valence-electron chi connectivity index (χ4n) is 2.66. The number of hydrogen-bond acceptors (Lipinski definition) is 7. The van der Waals surface area contributed by atoms with Crippen LogP contribution in [0.1, 0.15) is 27.8 Å². The Labute approximate surface area is 160 Å². The molecule has 1 aliphatic heterocycles. The van der Waals surface area contributed by atoms with Gasteiger partial charge in [-0.2, -0.15) is 0 Å². The summed E-state index contributed by atoms with van der Waals surface area (Å²) in [6.45, 7) is 1.69. The Morgan fingerprint density at radius 2 is 1.68 bits per heavy atom. The maximum Gasteiger partial charge on any atom is 0.274 e. The number of ether oxygens (including phenoxy) is 2. The van der Waals surface area contributed by atoms with Gasteiger partial charge in [0.2, 0.25) is 6.79 Å². The van der Waals surface area contributed by atoms with Gasteiger partial charge in [-0.05, 0) is 43.3 Å². The van der Waals surface area contributed by atoms with E-state index in [0.717, 1.165) is 5.69 Å². The van der Waals surface area contributed by atoms with Crippen molar-refractivity contribution in [2.75, 3.05) is 17.4 Å². The molecular formula is C20H16N4O4. The number of rotatable bonds is 5. The second-order valence-corrected chi connectivity index (χ2v) is 6.07. The summed E-state index contributed by atoms with van der Waals surface area (Å²) < 4.78 is 10.6. The molecule has 2 N–H and O–H groups in total. The molecule has 0 atom stereocenters. The first kappa shape index (κ1) is 17.5. The van der Waals surface area contributed by atoms with E-state index >= 15 is 0 Å². The van der Waals surface area contributed by atoms with E-state index < -0.39 is 0 Å². The van der Waals surface area contributed by atoms with E-state index in [2.05, 4.69) is 20.6 Å². The number of carbonyl (C=O) groups excluding carboxylic acids is 2. The average Bonchev–Trinajstić information content (AvgIpc) is 3.16. The van der Waals surface area contributed by atoms with Crippen molar-refractivity contribution in [3.05, 3.63) is 66.1 Å². The minimum absolute atomic E-state index is 0.0343. The second-order valence-electron chi connectivity index (χ2n) is 6.07. The molecule has 0 saturated carbocycles. The number of hydrogen-bond donors (Lipinski definition) is 2. The van der Waals surface area contributed by atoms with Crippen molar-refractivity contribution in [1.82, 2.24) is 9.97 Å². The maximum atomic E-state index is 12.5. The zero-order valence-electron chi connectivity index (χ0n) is 14.9. The minimum Gasteiger partial charge on any atom is -0.454 e. The summed E-state index contributed by atoms with van der Waals surface area (Å²) in [4.78, 5) is 31.9. The van der Waals surface area contributed by atoms with Gasteiger partial charge in [0.05, 0.1) is 0 Å². The molecule has 0 saturated heterocycles. The van der Waals surface area contributed by atoms with Gasteiger partial charge in [0, 0.05) is 29.1 Å². The van der Waals surface area contributed by atoms with E-state index in [-0.39, 0.29) is 24.2 Å². The molecule has 3 aromatic rings. The molecule has 8 heteroatoms. The number of benzene rings is 2. The van der Waals surface area contributed by atoms with Crippen LogP contribution in [0.3, 0.4) is 0 Å². The number of nitrogens with one attached hydrogen (secondary N) is 2. The van der Waals surface area contributed by atoms with E-state index in [4.69, 9.17) is 9.47 Å². The summed E-state index contributed by atoms with van der Waals surface area (Å²) in [7, 11) is 0. The van der Waals surface area contributed by atoms with Crippen molar-refractivity contribution in [2.45, 2.75) is 6.92 Å². The molecule has 8 nitrogen and oxygen atoms in total. The zero-order valence-corrected chi connectivity index (χ0v) is 14.9. The quantitative estimate of drug-likeness (QED) is 0.658. The highest BCUT2D eigenvalue weighted by molar-refractivity contribution is 6.03. The minimum atomic E-state index is -0.383. The van der Waals surface area contributed by atoms with Crippen LogP contribution in [0, 0.1) is 0 Å². The lowest BCUT2D eigenvalue weighted by Crippen LogP contribution is -2.14. The first-order chi connectivity index (χ1) is 13.6. The third-order valence-corrected chi connectivity index (χ3v) is 4.09. The lowest BCUT2D eigenvalue weighted by molar-refractivity contribution is 0.101. The van der Waals surface area contributed by atoms with Crippen molar-refractivity contribution < 1.29 is 19.1 Å². The van der Waals surface area contributed by atoms with Gasteiger partial charge >= 0.3 is 0 Å². The van der Waals surface area contributed by atoms with E-state index in [1.165, 1.54) is 13.3 Å². The first-order valence-electron chi connectivity index (χ1n) is 8.49. The number of ketones is 1. The van der Waals surface area contributed by atoms with Crippen LogP contribution in [-0.2, 0) is 0 Å². The highest BCUT2D eigenvalue weighted by atomic mass is 16.7. The average molecular weight is 376 g/mol. The normalized spacial score (nSPS) is 11.8. The predicted molar refractivity (Wildman–Crippen MR) is 102 cm³/mol. The third-order valence-electron chi connectivity index (χ3n) is 4.09. The van der Waals surface area contributed by atoms with Gasteiger partial charge in [-0.15, -0.1) is 0 Å². The van der Waals surface area contributed by atoms with Crippen LogP contribution in [0.15, 0.2) is 54.9 Å². The van der Waals surface area contributed by atoms with Crippen molar-refractivity contribution in [3.8, 4) is 11.5 Å². The summed E-state index contributed by atoms with van der Waals surface area (Å²) in [5, 5.41) is 5.85. The summed E-state index contributed by atoms with van der Waals surface area (Å²) in [6, 6.07) is 13.6. The van der Waals surface area contributed by atoms with Crippen molar-refractivity contribution in [2.24, 2.45) is 0 Å². The van der Waals surface area contributed by atoms with E-state index in [1.807, 2.05) is 6.07 Å². The number of aromatic nitrogens is 2. The summed E-state index contributed by atoms with van der Waals surface area (Å²) in [5.41, 5.74) is 2.09. The van der Waals surface area contributed by atoms with Crippen LogP contribution < -0.4 is 20.1 Å². The van der Waals surface area contributed by atoms with Crippen LogP contribution in [0.25, 0.3) is 0 Å². The Morgan fingerprint density at radius 3 is 2.46 bits per heavy atom. The Hall–Kier alpha value is -3.94. The molecule has 0 fully saturated rings. The number of nitrogens with zero attached hydrogens (tertiary/aromatic N) is 2. The van der Waals surface area contributed by atoms with Crippen molar-refractivity contribution in [3.63, 3.8) is 0 Å². The molecule has 2 aromatic carbocycles. The molecule has 4 rings (SSSR count). The molecule has 140 valence electrons. The number of Topliss-reactive ketones (excluding diaryl/α,β-unsaturated/α-hetero) is 1. The van der Waals surface area contributed by atoms with E-state index in [0.29, 0.717) is 28.6 Å². The van der Waals surface area contributed by atoms with Crippen LogP contribution in [0.4, 0.5) is 17.2 Å². The number of carbonyl (C=O) groups is 2. The molecule has 0 bridgehead atoms. The number of anilines is 3. The zero-order chi connectivity index (χ0) is 19.5. The van der Waals surface area contributed by atoms with Gasteiger partial charge in [-0.3, -0.25) is 9.59 Å². The number of amides is 1. The SMILES string of the molecule is CC(=O)c1ccc(NC(=O)c2cc(Nc3ccc4c(c3)OCO4)ncn2)cc1. The van der Waals surface area contributed by atoms with Crippen molar-refractivity contribution in [1.29, 1.82) is 0 Å². The lowest BCUT2D eigenvalue weighted by Gasteiger charge is -2.08. The van der Waals surface area contributed by atoms with Gasteiger partial charge in [-0.1, -0.05) is 0 Å². The summed E-state index contributed by atoms with van der Waals surface area (Å²) in [6.07, 6.45) is 1.31. The smallest absolute Gasteiger partial charge is 0.274 e. The Morgan fingerprint density at radius 1 is 0.929 bits per heavy atom. The lowest BCUT2D eigenvalue weighted by atomic mass is 10.1. The van der Waals surface area contributed by atoms with Crippen molar-refractivity contribution >= 4 is 28.9 Å². The second kappa shape index (κ2) is 7.36. The molecule has 1 aromatic heterocycles. The summed E-state index contributed by atoms with van der Waals surface area (Å²) in [5.74, 6) is 1.38. The van der Waals surface area contributed by atoms with E-state index in [1.54, 1.807) is 42.5 Å². The van der Waals surface area contributed by atoms with Gasteiger partial charge < -0.3 is 20.1 Å². The third kappa shape index (κ3) is 3.75. The molecule has 1 aliphatic rings. The van der Waals surface area contributed by atoms with Gasteiger partial charge in [0.15, 0.2) is 17.3 Å². The fourth-order valence-corrected chi connectivity index (χ4v) is 2.66. The van der Waals surface area contributed by atoms with Gasteiger partial charge in [0.1, 0.15) is 17.8 Å². The highest BCUT2D eigenvalue weighted by Crippen LogP contribution is 2.34. The highest BCUT2D eigenvalue weighted by Gasteiger charge is 2.14. The Bertz CT molecular complexity index is 1050. The molecule has 0 aliphatic carbocycles. The van der Waals surface area contributed by atoms with Crippen LogP contribution in [-0.4, -0.2) is 28.5 Å². The first-order valence-corrected chi connectivity index (χ1v) is 8.49. The van der Waals surface area contributed by atoms with Crippen LogP contribution >= 0.6 is 0 Å². The predicted octanol–water partition coefficient (Wildman–Crippen LogP) is 3.40. The van der Waals surface area contributed by atoms with Crippen LogP contribution in [0.5, 0.6) is 11.5 Å². The maximum absolute atomic E-state index is 12.5. The monoisotopic (exact) mass is 376 g/mol. The Kier molecular flexibility index (Phi) is 4.59. The molecule has 28 heavy (non-hydrogen) atoms. The van der Waals surface area contributed by atoms with Gasteiger partial charge in [-0.25, -0.2) is 9.97 Å². The largest absolute Gasteiger partial charge is 0.454 e. The topological polar surface area (TPSA) is 102 Å².